The Balaban J connectivity index is 2.00. The van der Waals surface area contributed by atoms with Gasteiger partial charge in [0.05, 0.1) is 9.82 Å². The van der Waals surface area contributed by atoms with Crippen molar-refractivity contribution in [2.45, 2.75) is 43.5 Å². The standard InChI is InChI=1S/C20H25N3O4S/c1-4-18-17(15-7-5-14(2)6-8-15)11-12-22(18)19-10-9-16(28(26,27)21-3)13-20(19)23(24)25/h5-10,13,17-18,21H,4,11-12H2,1-3H3. The van der Waals surface area contributed by atoms with Crippen LogP contribution in [0.2, 0.25) is 0 Å². The third-order valence-corrected chi connectivity index (χ3v) is 6.91. The average molecular weight is 404 g/mol. The lowest BCUT2D eigenvalue weighted by Crippen LogP contribution is -2.32. The molecule has 0 amide bonds. The highest BCUT2D eigenvalue weighted by molar-refractivity contribution is 7.89. The molecule has 1 N–H and O–H groups in total. The smallest absolute Gasteiger partial charge is 0.293 e. The molecule has 28 heavy (non-hydrogen) atoms. The van der Waals surface area contributed by atoms with Gasteiger partial charge in [-0.25, -0.2) is 13.1 Å². The molecule has 2 unspecified atom stereocenters. The van der Waals surface area contributed by atoms with Gasteiger partial charge in [-0.1, -0.05) is 36.8 Å². The number of sulfonamides is 1. The first kappa shape index (κ1) is 20.3. The summed E-state index contributed by atoms with van der Waals surface area (Å²) in [6, 6.07) is 12.7. The Hall–Kier alpha value is -2.45. The molecule has 0 saturated carbocycles. The number of hydrogen-bond donors (Lipinski definition) is 1. The number of aryl methyl sites for hydroxylation is 1. The molecule has 0 bridgehead atoms. The highest BCUT2D eigenvalue weighted by Crippen LogP contribution is 2.42. The van der Waals surface area contributed by atoms with E-state index in [1.54, 1.807) is 6.07 Å². The molecule has 0 aliphatic carbocycles. The fraction of sp³-hybridized carbons (Fsp3) is 0.400. The number of rotatable bonds is 6. The molecule has 8 heteroatoms. The van der Waals surface area contributed by atoms with Crippen molar-refractivity contribution in [3.8, 4) is 0 Å². The van der Waals surface area contributed by atoms with Crippen LogP contribution in [0.4, 0.5) is 11.4 Å². The van der Waals surface area contributed by atoms with E-state index in [-0.39, 0.29) is 22.5 Å². The second kappa shape index (κ2) is 7.89. The maximum Gasteiger partial charge on any atom is 0.293 e. The lowest BCUT2D eigenvalue weighted by molar-refractivity contribution is -0.384. The lowest BCUT2D eigenvalue weighted by atomic mass is 9.90. The number of anilines is 1. The fourth-order valence-electron chi connectivity index (χ4n) is 4.04. The van der Waals surface area contributed by atoms with Gasteiger partial charge in [0.15, 0.2) is 0 Å². The van der Waals surface area contributed by atoms with Crippen LogP contribution in [-0.2, 0) is 10.0 Å². The molecule has 2 aromatic rings. The Bertz CT molecular complexity index is 973. The van der Waals surface area contributed by atoms with Crippen molar-refractivity contribution in [3.05, 3.63) is 63.7 Å². The summed E-state index contributed by atoms with van der Waals surface area (Å²) in [6.07, 6.45) is 1.74. The quantitative estimate of drug-likeness (QED) is 0.588. The third kappa shape index (κ3) is 3.74. The monoisotopic (exact) mass is 403 g/mol. The van der Waals surface area contributed by atoms with Crippen molar-refractivity contribution in [2.24, 2.45) is 0 Å². The third-order valence-electron chi connectivity index (χ3n) is 5.50. The van der Waals surface area contributed by atoms with Gasteiger partial charge in [-0.05, 0) is 44.5 Å². The molecule has 1 aliphatic heterocycles. The van der Waals surface area contributed by atoms with Crippen molar-refractivity contribution < 1.29 is 13.3 Å². The van der Waals surface area contributed by atoms with Crippen molar-refractivity contribution >= 4 is 21.4 Å². The van der Waals surface area contributed by atoms with Gasteiger partial charge in [-0.3, -0.25) is 10.1 Å². The Morgan fingerprint density at radius 3 is 2.46 bits per heavy atom. The predicted octanol–water partition coefficient (Wildman–Crippen LogP) is 3.58. The van der Waals surface area contributed by atoms with Gasteiger partial charge in [0, 0.05) is 24.6 Å². The van der Waals surface area contributed by atoms with Crippen LogP contribution >= 0.6 is 0 Å². The van der Waals surface area contributed by atoms with E-state index in [0.29, 0.717) is 12.2 Å². The van der Waals surface area contributed by atoms with Crippen LogP contribution in [0.1, 0.15) is 36.8 Å². The summed E-state index contributed by atoms with van der Waals surface area (Å²) in [7, 11) is -2.46. The van der Waals surface area contributed by atoms with E-state index in [0.717, 1.165) is 18.9 Å². The van der Waals surface area contributed by atoms with Crippen LogP contribution < -0.4 is 9.62 Å². The van der Waals surface area contributed by atoms with Crippen LogP contribution in [0.5, 0.6) is 0 Å². The summed E-state index contributed by atoms with van der Waals surface area (Å²) in [5.41, 5.74) is 2.72. The van der Waals surface area contributed by atoms with Gasteiger partial charge in [-0.15, -0.1) is 0 Å². The summed E-state index contributed by atoms with van der Waals surface area (Å²) in [6.45, 7) is 4.82. The molecule has 2 atom stereocenters. The van der Waals surface area contributed by atoms with Gasteiger partial charge < -0.3 is 4.90 Å². The van der Waals surface area contributed by atoms with Gasteiger partial charge in [0.1, 0.15) is 5.69 Å². The molecule has 150 valence electrons. The first-order valence-corrected chi connectivity index (χ1v) is 10.8. The predicted molar refractivity (Wildman–Crippen MR) is 109 cm³/mol. The zero-order valence-electron chi connectivity index (χ0n) is 16.3. The number of nitro benzene ring substituents is 1. The van der Waals surface area contributed by atoms with E-state index in [9.17, 15) is 18.5 Å². The molecule has 2 aromatic carbocycles. The molecule has 1 saturated heterocycles. The zero-order valence-corrected chi connectivity index (χ0v) is 17.1. The van der Waals surface area contributed by atoms with Crippen molar-refractivity contribution in [1.82, 2.24) is 4.72 Å². The van der Waals surface area contributed by atoms with Gasteiger partial charge in [0.25, 0.3) is 5.69 Å². The molecule has 0 radical (unpaired) electrons. The maximum atomic E-state index is 12.0. The number of nitrogens with zero attached hydrogens (tertiary/aromatic N) is 2. The number of nitro groups is 1. The summed E-state index contributed by atoms with van der Waals surface area (Å²) >= 11 is 0. The van der Waals surface area contributed by atoms with E-state index in [2.05, 4.69) is 40.8 Å². The van der Waals surface area contributed by atoms with E-state index in [4.69, 9.17) is 0 Å². The Morgan fingerprint density at radius 2 is 1.89 bits per heavy atom. The Morgan fingerprint density at radius 1 is 1.21 bits per heavy atom. The molecule has 3 rings (SSSR count). The second-order valence-corrected chi connectivity index (χ2v) is 8.98. The highest BCUT2D eigenvalue weighted by atomic mass is 32.2. The van der Waals surface area contributed by atoms with E-state index in [1.165, 1.54) is 24.2 Å². The van der Waals surface area contributed by atoms with Gasteiger partial charge in [-0.2, -0.15) is 0 Å². The zero-order chi connectivity index (χ0) is 20.5. The summed E-state index contributed by atoms with van der Waals surface area (Å²) in [5.74, 6) is 0.283. The SMILES string of the molecule is CCC1C(c2ccc(C)cc2)CCN1c1ccc(S(=O)(=O)NC)cc1[N+](=O)[O-]. The van der Waals surface area contributed by atoms with Gasteiger partial charge >= 0.3 is 0 Å². The van der Waals surface area contributed by atoms with Crippen LogP contribution in [0.15, 0.2) is 47.4 Å². The molecule has 1 heterocycles. The largest absolute Gasteiger partial charge is 0.362 e. The fourth-order valence-corrected chi connectivity index (χ4v) is 4.79. The van der Waals surface area contributed by atoms with E-state index < -0.39 is 14.9 Å². The lowest BCUT2D eigenvalue weighted by Gasteiger charge is -2.29. The van der Waals surface area contributed by atoms with E-state index in [1.807, 2.05) is 6.92 Å². The van der Waals surface area contributed by atoms with Crippen LogP contribution in [0.3, 0.4) is 0 Å². The molecule has 7 nitrogen and oxygen atoms in total. The first-order valence-electron chi connectivity index (χ1n) is 9.33. The molecule has 0 aromatic heterocycles. The van der Waals surface area contributed by atoms with Crippen molar-refractivity contribution in [3.63, 3.8) is 0 Å². The second-order valence-electron chi connectivity index (χ2n) is 7.09. The van der Waals surface area contributed by atoms with Crippen LogP contribution in [0, 0.1) is 17.0 Å². The Labute approximate surface area is 165 Å². The number of nitrogens with one attached hydrogen (secondary N) is 1. The molecule has 0 spiro atoms. The normalized spacial score (nSPS) is 19.8. The summed E-state index contributed by atoms with van der Waals surface area (Å²) in [4.78, 5) is 13.1. The highest BCUT2D eigenvalue weighted by Gasteiger charge is 2.37. The van der Waals surface area contributed by atoms with Crippen molar-refractivity contribution in [2.75, 3.05) is 18.5 Å². The van der Waals surface area contributed by atoms with E-state index >= 15 is 0 Å². The average Bonchev–Trinajstić information content (AvgIpc) is 3.11. The van der Waals surface area contributed by atoms with Crippen LogP contribution in [-0.4, -0.2) is 33.0 Å². The molecule has 1 aliphatic rings. The molecular formula is C20H25N3O4S. The Kier molecular flexibility index (Phi) is 5.71. The first-order chi connectivity index (χ1) is 13.3. The summed E-state index contributed by atoms with van der Waals surface area (Å²) < 4.78 is 26.3. The topological polar surface area (TPSA) is 92.6 Å². The molecular weight excluding hydrogens is 378 g/mol. The maximum absolute atomic E-state index is 12.0. The number of hydrogen-bond acceptors (Lipinski definition) is 5. The number of benzene rings is 2. The minimum atomic E-state index is -3.74. The van der Waals surface area contributed by atoms with Gasteiger partial charge in [0.2, 0.25) is 10.0 Å². The minimum Gasteiger partial charge on any atom is -0.362 e. The molecule has 1 fully saturated rings. The minimum absolute atomic E-state index is 0.104. The summed E-state index contributed by atoms with van der Waals surface area (Å²) in [5, 5.41) is 11.7. The van der Waals surface area contributed by atoms with Crippen LogP contribution in [0.25, 0.3) is 0 Å². The van der Waals surface area contributed by atoms with Crippen molar-refractivity contribution in [1.29, 1.82) is 0 Å².